The number of rotatable bonds is 4. The highest BCUT2D eigenvalue weighted by Gasteiger charge is 2.34. The van der Waals surface area contributed by atoms with E-state index in [1.54, 1.807) is 38.2 Å². The zero-order chi connectivity index (χ0) is 13.0. The molecule has 18 heavy (non-hydrogen) atoms. The Morgan fingerprint density at radius 1 is 1.44 bits per heavy atom. The molecule has 0 radical (unpaired) electrons. The Kier molecular flexibility index (Phi) is 4.09. The first-order chi connectivity index (χ1) is 8.59. The number of ether oxygens (including phenoxy) is 2. The van der Waals surface area contributed by atoms with Gasteiger partial charge in [0.1, 0.15) is 11.3 Å². The van der Waals surface area contributed by atoms with Crippen molar-refractivity contribution in [3.63, 3.8) is 0 Å². The lowest BCUT2D eigenvalue weighted by Crippen LogP contribution is -2.41. The number of hydrogen-bond acceptors (Lipinski definition) is 4. The molecular formula is C14H19NO3. The molecule has 0 bridgehead atoms. The van der Waals surface area contributed by atoms with Crippen molar-refractivity contribution in [2.45, 2.75) is 45.0 Å². The van der Waals surface area contributed by atoms with Gasteiger partial charge in [0.05, 0.1) is 0 Å². The van der Waals surface area contributed by atoms with Gasteiger partial charge in [0, 0.05) is 12.8 Å². The molecule has 1 atom stereocenters. The van der Waals surface area contributed by atoms with Gasteiger partial charge in [-0.1, -0.05) is 6.07 Å². The first-order valence-electron chi connectivity index (χ1n) is 6.35. The van der Waals surface area contributed by atoms with Crippen molar-refractivity contribution >= 4 is 5.78 Å². The van der Waals surface area contributed by atoms with Crippen molar-refractivity contribution < 1.29 is 14.3 Å². The van der Waals surface area contributed by atoms with Crippen LogP contribution in [0.3, 0.4) is 0 Å². The van der Waals surface area contributed by atoms with Crippen LogP contribution < -0.4 is 0 Å². The first-order valence-corrected chi connectivity index (χ1v) is 6.35. The average Bonchev–Trinajstić information content (AvgIpc) is 2.39. The van der Waals surface area contributed by atoms with Gasteiger partial charge in [-0.3, -0.25) is 9.78 Å². The van der Waals surface area contributed by atoms with Crippen molar-refractivity contribution in [3.8, 4) is 0 Å². The second kappa shape index (κ2) is 5.59. The molecule has 1 aromatic heterocycles. The molecule has 1 saturated heterocycles. The third-order valence-electron chi connectivity index (χ3n) is 3.01. The SMILES string of the molecule is CC(C)(OC1CCCCO1)C(=O)c1ccccn1. The van der Waals surface area contributed by atoms with Crippen LogP contribution in [0.4, 0.5) is 0 Å². The average molecular weight is 249 g/mol. The molecule has 0 N–H and O–H groups in total. The van der Waals surface area contributed by atoms with Crippen LogP contribution >= 0.6 is 0 Å². The second-order valence-electron chi connectivity index (χ2n) is 4.97. The number of nitrogens with zero attached hydrogens (tertiary/aromatic N) is 1. The summed E-state index contributed by atoms with van der Waals surface area (Å²) >= 11 is 0. The van der Waals surface area contributed by atoms with Crippen molar-refractivity contribution in [2.24, 2.45) is 0 Å². The van der Waals surface area contributed by atoms with E-state index in [4.69, 9.17) is 9.47 Å². The molecule has 2 heterocycles. The van der Waals surface area contributed by atoms with Crippen molar-refractivity contribution in [1.82, 2.24) is 4.98 Å². The quantitative estimate of drug-likeness (QED) is 0.769. The lowest BCUT2D eigenvalue weighted by atomic mass is 10.00. The van der Waals surface area contributed by atoms with Gasteiger partial charge in [-0.15, -0.1) is 0 Å². The Bertz CT molecular complexity index is 397. The van der Waals surface area contributed by atoms with E-state index in [0.29, 0.717) is 12.3 Å². The van der Waals surface area contributed by atoms with Crippen LogP contribution in [0.1, 0.15) is 43.6 Å². The van der Waals surface area contributed by atoms with Crippen LogP contribution in [0.5, 0.6) is 0 Å². The lowest BCUT2D eigenvalue weighted by Gasteiger charge is -2.31. The van der Waals surface area contributed by atoms with Gasteiger partial charge in [-0.25, -0.2) is 0 Å². The molecule has 1 aliphatic rings. The third kappa shape index (κ3) is 3.15. The maximum absolute atomic E-state index is 12.3. The van der Waals surface area contributed by atoms with E-state index in [2.05, 4.69) is 4.98 Å². The number of carbonyl (C=O) groups is 1. The minimum absolute atomic E-state index is 0.114. The van der Waals surface area contributed by atoms with Gasteiger partial charge < -0.3 is 9.47 Å². The van der Waals surface area contributed by atoms with Gasteiger partial charge >= 0.3 is 0 Å². The topological polar surface area (TPSA) is 48.4 Å². The van der Waals surface area contributed by atoms with Gasteiger partial charge in [-0.05, 0) is 45.2 Å². The van der Waals surface area contributed by atoms with Crippen LogP contribution in [-0.4, -0.2) is 29.3 Å². The smallest absolute Gasteiger partial charge is 0.212 e. The van der Waals surface area contributed by atoms with Crippen LogP contribution in [-0.2, 0) is 9.47 Å². The fraction of sp³-hybridized carbons (Fsp3) is 0.571. The van der Waals surface area contributed by atoms with Crippen LogP contribution in [0.2, 0.25) is 0 Å². The Labute approximate surface area is 107 Å². The summed E-state index contributed by atoms with van der Waals surface area (Å²) in [5.74, 6) is -0.114. The molecular weight excluding hydrogens is 230 g/mol. The summed E-state index contributed by atoms with van der Waals surface area (Å²) in [7, 11) is 0. The van der Waals surface area contributed by atoms with E-state index in [-0.39, 0.29) is 12.1 Å². The van der Waals surface area contributed by atoms with E-state index in [1.165, 1.54) is 0 Å². The second-order valence-corrected chi connectivity index (χ2v) is 4.97. The highest BCUT2D eigenvalue weighted by atomic mass is 16.7. The zero-order valence-electron chi connectivity index (χ0n) is 10.9. The largest absolute Gasteiger partial charge is 0.353 e. The summed E-state index contributed by atoms with van der Waals surface area (Å²) in [5, 5.41) is 0. The number of carbonyl (C=O) groups excluding carboxylic acids is 1. The predicted octanol–water partition coefficient (Wildman–Crippen LogP) is 2.59. The molecule has 0 amide bonds. The first kappa shape index (κ1) is 13.2. The predicted molar refractivity (Wildman–Crippen MR) is 67.3 cm³/mol. The van der Waals surface area contributed by atoms with Crippen LogP contribution in [0, 0.1) is 0 Å². The van der Waals surface area contributed by atoms with Crippen molar-refractivity contribution in [3.05, 3.63) is 30.1 Å². The molecule has 0 aromatic carbocycles. The van der Waals surface area contributed by atoms with Crippen molar-refractivity contribution in [2.75, 3.05) is 6.61 Å². The normalized spacial score (nSPS) is 20.7. The third-order valence-corrected chi connectivity index (χ3v) is 3.01. The number of Topliss-reactive ketones (excluding diaryl/α,β-unsaturated/α-hetero) is 1. The number of hydrogen-bond donors (Lipinski definition) is 0. The van der Waals surface area contributed by atoms with Crippen LogP contribution in [0.25, 0.3) is 0 Å². The fourth-order valence-electron chi connectivity index (χ4n) is 1.99. The molecule has 1 unspecified atom stereocenters. The molecule has 1 fully saturated rings. The van der Waals surface area contributed by atoms with E-state index in [1.807, 2.05) is 0 Å². The number of ketones is 1. The maximum atomic E-state index is 12.3. The van der Waals surface area contributed by atoms with E-state index < -0.39 is 5.60 Å². The molecule has 98 valence electrons. The summed E-state index contributed by atoms with van der Waals surface area (Å²) in [4.78, 5) is 16.4. The van der Waals surface area contributed by atoms with E-state index in [9.17, 15) is 4.79 Å². The minimum atomic E-state index is -0.906. The lowest BCUT2D eigenvalue weighted by molar-refractivity contribution is -0.201. The standard InChI is InChI=1S/C14H19NO3/c1-14(2,18-12-8-4-6-10-17-12)13(16)11-7-3-5-9-15-11/h3,5,7,9,12H,4,6,8,10H2,1-2H3. The molecule has 4 nitrogen and oxygen atoms in total. The number of aromatic nitrogens is 1. The van der Waals surface area contributed by atoms with Crippen LogP contribution in [0.15, 0.2) is 24.4 Å². The highest BCUT2D eigenvalue weighted by Crippen LogP contribution is 2.23. The summed E-state index contributed by atoms with van der Waals surface area (Å²) in [5.41, 5.74) is -0.477. The monoisotopic (exact) mass is 249 g/mol. The Hall–Kier alpha value is -1.26. The molecule has 0 aliphatic carbocycles. The summed E-state index contributed by atoms with van der Waals surface area (Å²) < 4.78 is 11.3. The molecule has 4 heteroatoms. The molecule has 1 aromatic rings. The van der Waals surface area contributed by atoms with Gasteiger partial charge in [0.15, 0.2) is 6.29 Å². The van der Waals surface area contributed by atoms with E-state index >= 15 is 0 Å². The fourth-order valence-corrected chi connectivity index (χ4v) is 1.99. The minimum Gasteiger partial charge on any atom is -0.353 e. The maximum Gasteiger partial charge on any atom is 0.212 e. The Morgan fingerprint density at radius 3 is 2.89 bits per heavy atom. The zero-order valence-corrected chi connectivity index (χ0v) is 10.9. The summed E-state index contributed by atoms with van der Waals surface area (Å²) in [6, 6.07) is 5.29. The molecule has 0 spiro atoms. The number of pyridine rings is 1. The Balaban J connectivity index is 2.03. The van der Waals surface area contributed by atoms with Gasteiger partial charge in [0.2, 0.25) is 5.78 Å². The van der Waals surface area contributed by atoms with Gasteiger partial charge in [0.25, 0.3) is 0 Å². The summed E-state index contributed by atoms with van der Waals surface area (Å²) in [6.45, 7) is 4.24. The van der Waals surface area contributed by atoms with Crippen molar-refractivity contribution in [1.29, 1.82) is 0 Å². The molecule has 2 rings (SSSR count). The Morgan fingerprint density at radius 2 is 2.28 bits per heavy atom. The van der Waals surface area contributed by atoms with E-state index in [0.717, 1.165) is 19.3 Å². The van der Waals surface area contributed by atoms with Gasteiger partial charge in [-0.2, -0.15) is 0 Å². The molecule has 1 aliphatic heterocycles. The summed E-state index contributed by atoms with van der Waals surface area (Å²) in [6.07, 6.45) is 4.33. The molecule has 0 saturated carbocycles. The highest BCUT2D eigenvalue weighted by molar-refractivity contribution is 6.00.